The Morgan fingerprint density at radius 1 is 1.00 bits per heavy atom. The molecule has 152 valence electrons. The average molecular weight is 422 g/mol. The van der Waals surface area contributed by atoms with Gasteiger partial charge < -0.3 is 10.2 Å². The van der Waals surface area contributed by atoms with Crippen LogP contribution in [0.2, 0.25) is 5.02 Å². The standard InChI is InChI=1S/C23H20ClN3O3/c1-13-10-17(23(2,3)15-6-4-14(5-7-15)22(29)30)21(28)20(11-13)27-25-18-9-8-16(24)12-19(18)26-27/h4-12,28H,1-3H3,(H,29,30). The number of phenols is 1. The van der Waals surface area contributed by atoms with Crippen molar-refractivity contribution in [1.29, 1.82) is 0 Å². The van der Waals surface area contributed by atoms with Crippen LogP contribution in [0.25, 0.3) is 16.7 Å². The second kappa shape index (κ2) is 7.15. The minimum atomic E-state index is -0.975. The molecular formula is C23H20ClN3O3. The largest absolute Gasteiger partial charge is 0.505 e. The zero-order chi connectivity index (χ0) is 21.6. The molecule has 1 heterocycles. The Morgan fingerprint density at radius 2 is 1.67 bits per heavy atom. The van der Waals surface area contributed by atoms with E-state index in [1.165, 1.54) is 4.80 Å². The van der Waals surface area contributed by atoms with E-state index in [4.69, 9.17) is 16.7 Å². The second-order valence-electron chi connectivity index (χ2n) is 7.81. The molecule has 0 bridgehead atoms. The van der Waals surface area contributed by atoms with E-state index in [-0.39, 0.29) is 11.3 Å². The number of halogens is 1. The quantitative estimate of drug-likeness (QED) is 0.478. The van der Waals surface area contributed by atoms with Crippen LogP contribution in [0.3, 0.4) is 0 Å². The number of carboxylic acid groups (broad SMARTS) is 1. The molecule has 30 heavy (non-hydrogen) atoms. The summed E-state index contributed by atoms with van der Waals surface area (Å²) in [6.07, 6.45) is 0. The molecule has 1 aromatic heterocycles. The molecule has 0 unspecified atom stereocenters. The minimum absolute atomic E-state index is 0.0688. The summed E-state index contributed by atoms with van der Waals surface area (Å²) in [5, 5.41) is 29.8. The third kappa shape index (κ3) is 3.39. The molecule has 0 amide bonds. The number of carbonyl (C=O) groups is 1. The van der Waals surface area contributed by atoms with Crippen molar-refractivity contribution < 1.29 is 15.0 Å². The van der Waals surface area contributed by atoms with Gasteiger partial charge in [0, 0.05) is 16.0 Å². The van der Waals surface area contributed by atoms with Gasteiger partial charge in [-0.25, -0.2) is 4.79 Å². The highest BCUT2D eigenvalue weighted by Gasteiger charge is 2.29. The summed E-state index contributed by atoms with van der Waals surface area (Å²) in [6.45, 7) is 5.90. The SMILES string of the molecule is Cc1cc(-n2nc3ccc(Cl)cc3n2)c(O)c(C(C)(C)c2ccc(C(=O)O)cc2)c1. The number of nitrogens with zero attached hydrogens (tertiary/aromatic N) is 3. The summed E-state index contributed by atoms with van der Waals surface area (Å²) in [4.78, 5) is 12.6. The van der Waals surface area contributed by atoms with Crippen LogP contribution in [0.4, 0.5) is 0 Å². The minimum Gasteiger partial charge on any atom is -0.505 e. The number of aromatic carboxylic acids is 1. The van der Waals surface area contributed by atoms with E-state index in [0.29, 0.717) is 27.3 Å². The highest BCUT2D eigenvalue weighted by molar-refractivity contribution is 6.31. The third-order valence-corrected chi connectivity index (χ3v) is 5.55. The Balaban J connectivity index is 1.84. The van der Waals surface area contributed by atoms with E-state index in [9.17, 15) is 9.90 Å². The molecule has 2 N–H and O–H groups in total. The summed E-state index contributed by atoms with van der Waals surface area (Å²) in [5.74, 6) is -0.906. The molecule has 7 heteroatoms. The second-order valence-corrected chi connectivity index (χ2v) is 8.25. The number of hydrogen-bond donors (Lipinski definition) is 2. The lowest BCUT2D eigenvalue weighted by atomic mass is 9.76. The molecule has 0 radical (unpaired) electrons. The number of hydrogen-bond acceptors (Lipinski definition) is 4. The maximum atomic E-state index is 11.2. The number of fused-ring (bicyclic) bond motifs is 1. The van der Waals surface area contributed by atoms with Crippen molar-refractivity contribution in [1.82, 2.24) is 15.0 Å². The first kappa shape index (κ1) is 19.9. The number of aromatic nitrogens is 3. The number of aryl methyl sites for hydroxylation is 1. The van der Waals surface area contributed by atoms with Crippen LogP contribution in [0.1, 0.15) is 40.9 Å². The van der Waals surface area contributed by atoms with Crippen molar-refractivity contribution in [2.24, 2.45) is 0 Å². The molecule has 0 aliphatic carbocycles. The number of benzene rings is 3. The molecule has 0 spiro atoms. The fourth-order valence-corrected chi connectivity index (χ4v) is 3.74. The molecule has 0 aliphatic rings. The first-order valence-corrected chi connectivity index (χ1v) is 9.75. The Kier molecular flexibility index (Phi) is 4.74. The molecule has 0 atom stereocenters. The van der Waals surface area contributed by atoms with Gasteiger partial charge in [-0.15, -0.1) is 15.0 Å². The van der Waals surface area contributed by atoms with E-state index in [1.54, 1.807) is 42.5 Å². The van der Waals surface area contributed by atoms with Crippen molar-refractivity contribution in [2.75, 3.05) is 0 Å². The third-order valence-electron chi connectivity index (χ3n) is 5.32. The lowest BCUT2D eigenvalue weighted by molar-refractivity contribution is 0.0697. The van der Waals surface area contributed by atoms with Gasteiger partial charge in [0.2, 0.25) is 0 Å². The number of phenolic OH excluding ortho intramolecular Hbond substituents is 1. The van der Waals surface area contributed by atoms with E-state index in [2.05, 4.69) is 10.2 Å². The van der Waals surface area contributed by atoms with Gasteiger partial charge >= 0.3 is 5.97 Å². The number of aromatic hydroxyl groups is 1. The fraction of sp³-hybridized carbons (Fsp3) is 0.174. The van der Waals surface area contributed by atoms with Gasteiger partial charge in [0.25, 0.3) is 0 Å². The molecule has 4 aromatic rings. The van der Waals surface area contributed by atoms with Crippen LogP contribution in [0, 0.1) is 6.92 Å². The lowest BCUT2D eigenvalue weighted by Crippen LogP contribution is -2.20. The zero-order valence-corrected chi connectivity index (χ0v) is 17.5. The summed E-state index contributed by atoms with van der Waals surface area (Å²) in [6, 6.07) is 15.7. The predicted molar refractivity (Wildman–Crippen MR) is 116 cm³/mol. The summed E-state index contributed by atoms with van der Waals surface area (Å²) in [5.41, 5.74) is 3.91. The van der Waals surface area contributed by atoms with Gasteiger partial charge in [-0.05, 0) is 54.4 Å². The van der Waals surface area contributed by atoms with E-state index in [1.807, 2.05) is 32.9 Å². The maximum Gasteiger partial charge on any atom is 0.335 e. The maximum absolute atomic E-state index is 11.2. The molecule has 0 saturated heterocycles. The fourth-order valence-electron chi connectivity index (χ4n) is 3.57. The molecular weight excluding hydrogens is 402 g/mol. The van der Waals surface area contributed by atoms with E-state index < -0.39 is 11.4 Å². The van der Waals surface area contributed by atoms with Gasteiger partial charge in [0.1, 0.15) is 22.5 Å². The Bertz CT molecular complexity index is 1280. The zero-order valence-electron chi connectivity index (χ0n) is 16.7. The summed E-state index contributed by atoms with van der Waals surface area (Å²) in [7, 11) is 0. The smallest absolute Gasteiger partial charge is 0.335 e. The van der Waals surface area contributed by atoms with Crippen LogP contribution in [0.15, 0.2) is 54.6 Å². The summed E-state index contributed by atoms with van der Waals surface area (Å²) >= 11 is 6.05. The van der Waals surface area contributed by atoms with E-state index >= 15 is 0 Å². The van der Waals surface area contributed by atoms with Gasteiger partial charge in [-0.2, -0.15) is 0 Å². The van der Waals surface area contributed by atoms with Gasteiger partial charge in [-0.3, -0.25) is 0 Å². The van der Waals surface area contributed by atoms with Crippen LogP contribution in [-0.4, -0.2) is 31.2 Å². The molecule has 0 aliphatic heterocycles. The highest BCUT2D eigenvalue weighted by Crippen LogP contribution is 2.40. The lowest BCUT2D eigenvalue weighted by Gasteiger charge is -2.28. The highest BCUT2D eigenvalue weighted by atomic mass is 35.5. The van der Waals surface area contributed by atoms with Crippen LogP contribution < -0.4 is 0 Å². The van der Waals surface area contributed by atoms with Crippen LogP contribution in [0.5, 0.6) is 5.75 Å². The topological polar surface area (TPSA) is 88.2 Å². The summed E-state index contributed by atoms with van der Waals surface area (Å²) < 4.78 is 0. The first-order valence-electron chi connectivity index (χ1n) is 9.38. The molecule has 0 fully saturated rings. The number of carboxylic acids is 1. The van der Waals surface area contributed by atoms with Gasteiger partial charge in [-0.1, -0.05) is 43.6 Å². The van der Waals surface area contributed by atoms with Crippen LogP contribution >= 0.6 is 11.6 Å². The Labute approximate surface area is 178 Å². The van der Waals surface area contributed by atoms with Crippen molar-refractivity contribution in [3.05, 3.63) is 81.9 Å². The van der Waals surface area contributed by atoms with E-state index in [0.717, 1.165) is 11.1 Å². The van der Waals surface area contributed by atoms with Gasteiger partial charge in [0.05, 0.1) is 5.56 Å². The Hall–Kier alpha value is -3.38. The first-order chi connectivity index (χ1) is 14.2. The monoisotopic (exact) mass is 421 g/mol. The number of rotatable bonds is 4. The van der Waals surface area contributed by atoms with Crippen molar-refractivity contribution in [2.45, 2.75) is 26.2 Å². The predicted octanol–water partition coefficient (Wildman–Crippen LogP) is 5.11. The molecule has 4 rings (SSSR count). The van der Waals surface area contributed by atoms with Crippen molar-refractivity contribution in [3.63, 3.8) is 0 Å². The van der Waals surface area contributed by atoms with Crippen LogP contribution in [-0.2, 0) is 5.41 Å². The molecule has 6 nitrogen and oxygen atoms in total. The molecule has 3 aromatic carbocycles. The average Bonchev–Trinajstić information content (AvgIpc) is 3.12. The Morgan fingerprint density at radius 3 is 2.33 bits per heavy atom. The molecule has 0 saturated carbocycles. The van der Waals surface area contributed by atoms with Crippen molar-refractivity contribution >= 4 is 28.6 Å². The van der Waals surface area contributed by atoms with Crippen molar-refractivity contribution in [3.8, 4) is 11.4 Å². The van der Waals surface area contributed by atoms with Gasteiger partial charge in [0.15, 0.2) is 0 Å². The normalized spacial score (nSPS) is 11.7.